The Labute approximate surface area is 98.8 Å². The first-order valence-electron chi connectivity index (χ1n) is 6.22. The predicted octanol–water partition coefficient (Wildman–Crippen LogP) is 4.10. The second-order valence-corrected chi connectivity index (χ2v) is 4.85. The maximum Gasteiger partial charge on any atom is 0.0361 e. The molecular weight excluding hydrogens is 194 g/mol. The summed E-state index contributed by atoms with van der Waals surface area (Å²) in [5.41, 5.74) is 4.25. The number of hydrogen-bond acceptors (Lipinski definition) is 1. The van der Waals surface area contributed by atoms with Crippen LogP contribution in [0.25, 0.3) is 6.08 Å². The third kappa shape index (κ3) is 2.88. The molecule has 1 aliphatic carbocycles. The third-order valence-electron chi connectivity index (χ3n) is 3.28. The van der Waals surface area contributed by atoms with Gasteiger partial charge in [-0.1, -0.05) is 30.2 Å². The number of rotatable bonds is 2. The lowest BCUT2D eigenvalue weighted by Gasteiger charge is -2.14. The van der Waals surface area contributed by atoms with Gasteiger partial charge in [0, 0.05) is 19.8 Å². The molecule has 2 rings (SSSR count). The van der Waals surface area contributed by atoms with Gasteiger partial charge in [-0.2, -0.15) is 0 Å². The summed E-state index contributed by atoms with van der Waals surface area (Å²) in [6.07, 6.45) is 9.14. The van der Waals surface area contributed by atoms with Crippen LogP contribution >= 0.6 is 0 Å². The first kappa shape index (κ1) is 11.3. The Balaban J connectivity index is 2.09. The van der Waals surface area contributed by atoms with E-state index in [4.69, 9.17) is 0 Å². The highest BCUT2D eigenvalue weighted by Gasteiger charge is 2.04. The van der Waals surface area contributed by atoms with Crippen LogP contribution in [0.3, 0.4) is 0 Å². The van der Waals surface area contributed by atoms with Crippen molar-refractivity contribution in [1.29, 1.82) is 0 Å². The fourth-order valence-electron chi connectivity index (χ4n) is 2.25. The number of benzene rings is 1. The van der Waals surface area contributed by atoms with Gasteiger partial charge in [0.1, 0.15) is 0 Å². The van der Waals surface area contributed by atoms with Gasteiger partial charge in [-0.05, 0) is 43.4 Å². The van der Waals surface area contributed by atoms with Crippen molar-refractivity contribution in [2.75, 3.05) is 19.0 Å². The zero-order chi connectivity index (χ0) is 11.4. The van der Waals surface area contributed by atoms with Crippen molar-refractivity contribution < 1.29 is 0 Å². The van der Waals surface area contributed by atoms with Gasteiger partial charge in [-0.3, -0.25) is 0 Å². The smallest absolute Gasteiger partial charge is 0.0361 e. The molecule has 1 heteroatoms. The normalized spacial score (nSPS) is 16.0. The summed E-state index contributed by atoms with van der Waals surface area (Å²) in [7, 11) is 4.16. The Morgan fingerprint density at radius 1 is 0.938 bits per heavy atom. The van der Waals surface area contributed by atoms with Crippen molar-refractivity contribution in [2.45, 2.75) is 32.1 Å². The lowest BCUT2D eigenvalue weighted by Crippen LogP contribution is -2.07. The predicted molar refractivity (Wildman–Crippen MR) is 71.8 cm³/mol. The van der Waals surface area contributed by atoms with E-state index in [0.29, 0.717) is 0 Å². The van der Waals surface area contributed by atoms with Gasteiger partial charge < -0.3 is 4.90 Å². The van der Waals surface area contributed by atoms with Crippen LogP contribution in [0, 0.1) is 0 Å². The minimum Gasteiger partial charge on any atom is -0.378 e. The molecular formula is C15H21N. The quantitative estimate of drug-likeness (QED) is 0.718. The molecule has 0 aliphatic heterocycles. The summed E-state index contributed by atoms with van der Waals surface area (Å²) in [5, 5.41) is 0. The maximum atomic E-state index is 2.37. The molecule has 0 aromatic heterocycles. The standard InChI is InChI=1S/C15H21N/c1-16(2)15-10-8-14(9-11-15)12-13-6-4-3-5-7-13/h8-12H,3-7H2,1-2H3. The van der Waals surface area contributed by atoms with Crippen LogP contribution in [0.15, 0.2) is 29.8 Å². The Hall–Kier alpha value is -1.24. The molecule has 0 amide bonds. The number of nitrogens with zero attached hydrogens (tertiary/aromatic N) is 1. The van der Waals surface area contributed by atoms with Gasteiger partial charge in [-0.15, -0.1) is 0 Å². The highest BCUT2D eigenvalue weighted by atomic mass is 15.1. The lowest BCUT2D eigenvalue weighted by atomic mass is 9.93. The van der Waals surface area contributed by atoms with Crippen LogP contribution in [0.4, 0.5) is 5.69 Å². The van der Waals surface area contributed by atoms with E-state index in [-0.39, 0.29) is 0 Å². The number of anilines is 1. The van der Waals surface area contributed by atoms with Crippen molar-refractivity contribution in [2.24, 2.45) is 0 Å². The van der Waals surface area contributed by atoms with E-state index < -0.39 is 0 Å². The van der Waals surface area contributed by atoms with Crippen LogP contribution in [-0.4, -0.2) is 14.1 Å². The minimum absolute atomic E-state index is 1.27. The monoisotopic (exact) mass is 215 g/mol. The molecule has 0 bridgehead atoms. The van der Waals surface area contributed by atoms with Gasteiger partial charge in [0.25, 0.3) is 0 Å². The summed E-state index contributed by atoms with van der Waals surface area (Å²) in [5.74, 6) is 0. The average Bonchev–Trinajstić information content (AvgIpc) is 2.31. The van der Waals surface area contributed by atoms with E-state index in [1.54, 1.807) is 5.57 Å². The molecule has 16 heavy (non-hydrogen) atoms. The summed E-state index contributed by atoms with van der Waals surface area (Å²) in [4.78, 5) is 2.14. The maximum absolute atomic E-state index is 2.37. The SMILES string of the molecule is CN(C)c1ccc(C=C2CCCCC2)cc1. The Morgan fingerprint density at radius 2 is 1.56 bits per heavy atom. The molecule has 0 unspecified atom stereocenters. The molecule has 0 saturated heterocycles. The number of hydrogen-bond donors (Lipinski definition) is 0. The van der Waals surface area contributed by atoms with Crippen molar-refractivity contribution >= 4 is 11.8 Å². The zero-order valence-electron chi connectivity index (χ0n) is 10.4. The molecule has 1 fully saturated rings. The topological polar surface area (TPSA) is 3.24 Å². The molecule has 1 aliphatic rings. The summed E-state index contributed by atoms with van der Waals surface area (Å²) in [6, 6.07) is 8.82. The Morgan fingerprint density at radius 3 is 2.12 bits per heavy atom. The van der Waals surface area contributed by atoms with Crippen LogP contribution in [-0.2, 0) is 0 Å². The van der Waals surface area contributed by atoms with E-state index in [2.05, 4.69) is 49.3 Å². The van der Waals surface area contributed by atoms with Gasteiger partial charge >= 0.3 is 0 Å². The molecule has 0 radical (unpaired) electrons. The van der Waals surface area contributed by atoms with E-state index in [0.717, 1.165) is 0 Å². The Kier molecular flexibility index (Phi) is 3.66. The molecule has 0 atom stereocenters. The van der Waals surface area contributed by atoms with Crippen LogP contribution < -0.4 is 4.90 Å². The molecule has 0 spiro atoms. The largest absolute Gasteiger partial charge is 0.378 e. The lowest BCUT2D eigenvalue weighted by molar-refractivity contribution is 0.602. The highest BCUT2D eigenvalue weighted by molar-refractivity contribution is 5.57. The first-order valence-corrected chi connectivity index (χ1v) is 6.22. The molecule has 0 heterocycles. The summed E-state index contributed by atoms with van der Waals surface area (Å²) < 4.78 is 0. The first-order chi connectivity index (χ1) is 7.75. The van der Waals surface area contributed by atoms with E-state index in [1.165, 1.54) is 43.4 Å². The fraction of sp³-hybridized carbons (Fsp3) is 0.467. The highest BCUT2D eigenvalue weighted by Crippen LogP contribution is 2.25. The van der Waals surface area contributed by atoms with E-state index in [9.17, 15) is 0 Å². The molecule has 1 aromatic carbocycles. The Bertz CT molecular complexity index is 352. The molecule has 86 valence electrons. The van der Waals surface area contributed by atoms with Gasteiger partial charge in [0.15, 0.2) is 0 Å². The molecule has 1 nitrogen and oxygen atoms in total. The molecule has 1 aromatic rings. The van der Waals surface area contributed by atoms with Crippen molar-refractivity contribution in [1.82, 2.24) is 0 Å². The fourth-order valence-corrected chi connectivity index (χ4v) is 2.25. The second-order valence-electron chi connectivity index (χ2n) is 4.85. The van der Waals surface area contributed by atoms with Crippen LogP contribution in [0.2, 0.25) is 0 Å². The van der Waals surface area contributed by atoms with Crippen LogP contribution in [0.1, 0.15) is 37.7 Å². The third-order valence-corrected chi connectivity index (χ3v) is 3.28. The molecule has 1 saturated carbocycles. The van der Waals surface area contributed by atoms with E-state index in [1.807, 2.05) is 0 Å². The van der Waals surface area contributed by atoms with Crippen molar-refractivity contribution in [3.8, 4) is 0 Å². The van der Waals surface area contributed by atoms with Gasteiger partial charge in [0.05, 0.1) is 0 Å². The van der Waals surface area contributed by atoms with Crippen LogP contribution in [0.5, 0.6) is 0 Å². The average molecular weight is 215 g/mol. The number of allylic oxidation sites excluding steroid dienone is 1. The summed E-state index contributed by atoms with van der Waals surface area (Å²) in [6.45, 7) is 0. The molecule has 0 N–H and O–H groups in total. The van der Waals surface area contributed by atoms with Crippen molar-refractivity contribution in [3.63, 3.8) is 0 Å². The van der Waals surface area contributed by atoms with E-state index >= 15 is 0 Å². The van der Waals surface area contributed by atoms with Crippen molar-refractivity contribution in [3.05, 3.63) is 35.4 Å². The summed E-state index contributed by atoms with van der Waals surface area (Å²) >= 11 is 0. The second kappa shape index (κ2) is 5.20. The van der Waals surface area contributed by atoms with Gasteiger partial charge in [-0.25, -0.2) is 0 Å². The van der Waals surface area contributed by atoms with Gasteiger partial charge in [0.2, 0.25) is 0 Å². The zero-order valence-corrected chi connectivity index (χ0v) is 10.4. The minimum atomic E-state index is 1.27.